The molecule has 2 rings (SSSR count). The van der Waals surface area contributed by atoms with Crippen LogP contribution in [0.2, 0.25) is 0 Å². The Morgan fingerprint density at radius 2 is 2.11 bits per heavy atom. The molecule has 0 saturated heterocycles. The van der Waals surface area contributed by atoms with Crippen molar-refractivity contribution in [3.8, 4) is 5.75 Å². The fourth-order valence-corrected chi connectivity index (χ4v) is 1.91. The molecule has 18 heavy (non-hydrogen) atoms. The molecule has 0 radical (unpaired) electrons. The SMILES string of the molecule is C=CC(=O)Oc1ccc2c(c1CC)C(=O)NC2=O. The van der Waals surface area contributed by atoms with E-state index in [1.54, 1.807) is 0 Å². The number of esters is 1. The molecule has 5 nitrogen and oxygen atoms in total. The molecule has 1 aliphatic heterocycles. The third-order valence-corrected chi connectivity index (χ3v) is 2.70. The van der Waals surface area contributed by atoms with Gasteiger partial charge in [-0.05, 0) is 18.6 Å². The Balaban J connectivity index is 2.55. The highest BCUT2D eigenvalue weighted by Crippen LogP contribution is 2.29. The summed E-state index contributed by atoms with van der Waals surface area (Å²) in [5, 5.41) is 2.21. The van der Waals surface area contributed by atoms with Crippen molar-refractivity contribution in [2.24, 2.45) is 0 Å². The second kappa shape index (κ2) is 4.44. The highest BCUT2D eigenvalue weighted by Gasteiger charge is 2.30. The van der Waals surface area contributed by atoms with E-state index in [-0.39, 0.29) is 11.3 Å². The van der Waals surface area contributed by atoms with E-state index >= 15 is 0 Å². The van der Waals surface area contributed by atoms with Crippen LogP contribution in [0.25, 0.3) is 0 Å². The van der Waals surface area contributed by atoms with Gasteiger partial charge in [-0.15, -0.1) is 0 Å². The molecular weight excluding hydrogens is 234 g/mol. The van der Waals surface area contributed by atoms with Gasteiger partial charge >= 0.3 is 5.97 Å². The Morgan fingerprint density at radius 3 is 2.72 bits per heavy atom. The van der Waals surface area contributed by atoms with Gasteiger partial charge in [0.05, 0.1) is 11.1 Å². The van der Waals surface area contributed by atoms with Crippen molar-refractivity contribution in [3.63, 3.8) is 0 Å². The molecule has 1 heterocycles. The lowest BCUT2D eigenvalue weighted by Gasteiger charge is -2.10. The Hall–Kier alpha value is -2.43. The van der Waals surface area contributed by atoms with Gasteiger partial charge in [-0.25, -0.2) is 4.79 Å². The van der Waals surface area contributed by atoms with Gasteiger partial charge in [-0.2, -0.15) is 0 Å². The number of ether oxygens (including phenoxy) is 1. The highest BCUT2D eigenvalue weighted by molar-refractivity contribution is 6.22. The fourth-order valence-electron chi connectivity index (χ4n) is 1.91. The lowest BCUT2D eigenvalue weighted by atomic mass is 10.00. The van der Waals surface area contributed by atoms with Crippen molar-refractivity contribution in [1.82, 2.24) is 5.32 Å². The minimum Gasteiger partial charge on any atom is -0.423 e. The summed E-state index contributed by atoms with van der Waals surface area (Å²) in [7, 11) is 0. The summed E-state index contributed by atoms with van der Waals surface area (Å²) >= 11 is 0. The number of hydrogen-bond acceptors (Lipinski definition) is 4. The molecule has 92 valence electrons. The number of hydrogen-bond donors (Lipinski definition) is 1. The molecule has 1 N–H and O–H groups in total. The minimum atomic E-state index is -0.602. The zero-order chi connectivity index (χ0) is 13.3. The molecule has 0 saturated carbocycles. The number of carbonyl (C=O) groups excluding carboxylic acids is 3. The molecule has 0 fully saturated rings. The summed E-state index contributed by atoms with van der Waals surface area (Å²) in [5.74, 6) is -1.20. The van der Waals surface area contributed by atoms with Crippen LogP contribution in [0.4, 0.5) is 0 Å². The number of fused-ring (bicyclic) bond motifs is 1. The number of amides is 2. The third-order valence-electron chi connectivity index (χ3n) is 2.70. The van der Waals surface area contributed by atoms with Gasteiger partial charge in [-0.3, -0.25) is 14.9 Å². The molecule has 0 aliphatic carbocycles. The van der Waals surface area contributed by atoms with Crippen molar-refractivity contribution >= 4 is 17.8 Å². The summed E-state index contributed by atoms with van der Waals surface area (Å²) in [5.41, 5.74) is 1.15. The maximum Gasteiger partial charge on any atom is 0.335 e. The van der Waals surface area contributed by atoms with E-state index in [0.717, 1.165) is 6.08 Å². The predicted octanol–water partition coefficient (Wildman–Crippen LogP) is 1.22. The Bertz CT molecular complexity index is 575. The normalized spacial score (nSPS) is 12.9. The first-order valence-corrected chi connectivity index (χ1v) is 5.44. The van der Waals surface area contributed by atoms with E-state index in [9.17, 15) is 14.4 Å². The smallest absolute Gasteiger partial charge is 0.335 e. The van der Waals surface area contributed by atoms with E-state index in [4.69, 9.17) is 4.74 Å². The first-order valence-electron chi connectivity index (χ1n) is 5.44. The highest BCUT2D eigenvalue weighted by atomic mass is 16.5. The van der Waals surface area contributed by atoms with Crippen molar-refractivity contribution in [3.05, 3.63) is 41.5 Å². The summed E-state index contributed by atoms with van der Waals surface area (Å²) < 4.78 is 5.05. The van der Waals surface area contributed by atoms with Crippen LogP contribution in [0.1, 0.15) is 33.2 Å². The standard InChI is InChI=1S/C13H11NO4/c1-3-7-9(18-10(15)4-2)6-5-8-11(7)13(17)14-12(8)16/h4-6H,2-3H2,1H3,(H,14,16,17). The van der Waals surface area contributed by atoms with Crippen LogP contribution in [0.5, 0.6) is 5.75 Å². The van der Waals surface area contributed by atoms with Crippen LogP contribution >= 0.6 is 0 Å². The molecule has 1 aliphatic rings. The molecule has 0 bridgehead atoms. The zero-order valence-corrected chi connectivity index (χ0v) is 9.78. The Kier molecular flexibility index (Phi) is 2.97. The molecule has 1 aromatic rings. The van der Waals surface area contributed by atoms with Crippen molar-refractivity contribution in [2.75, 3.05) is 0 Å². The number of rotatable bonds is 3. The number of carbonyl (C=O) groups is 3. The Morgan fingerprint density at radius 1 is 1.39 bits per heavy atom. The fraction of sp³-hybridized carbons (Fsp3) is 0.154. The molecule has 0 aromatic heterocycles. The first kappa shape index (κ1) is 12.0. The molecule has 0 unspecified atom stereocenters. The molecule has 5 heteroatoms. The topological polar surface area (TPSA) is 72.5 Å². The lowest BCUT2D eigenvalue weighted by molar-refractivity contribution is -0.129. The van der Waals surface area contributed by atoms with Crippen molar-refractivity contribution < 1.29 is 19.1 Å². The number of imide groups is 1. The first-order chi connectivity index (χ1) is 8.58. The molecular formula is C13H11NO4. The van der Waals surface area contributed by atoms with Gasteiger partial charge in [0.25, 0.3) is 11.8 Å². The minimum absolute atomic E-state index is 0.283. The molecule has 0 spiro atoms. The zero-order valence-electron chi connectivity index (χ0n) is 9.78. The van der Waals surface area contributed by atoms with Gasteiger partial charge in [0, 0.05) is 11.6 Å². The van der Waals surface area contributed by atoms with Crippen LogP contribution in [0, 0.1) is 0 Å². The predicted molar refractivity (Wildman–Crippen MR) is 63.4 cm³/mol. The van der Waals surface area contributed by atoms with Gasteiger partial charge in [-0.1, -0.05) is 13.5 Å². The average molecular weight is 245 g/mol. The Labute approximate surface area is 103 Å². The summed E-state index contributed by atoms with van der Waals surface area (Å²) in [6.45, 7) is 5.12. The molecule has 0 atom stereocenters. The van der Waals surface area contributed by atoms with Crippen molar-refractivity contribution in [2.45, 2.75) is 13.3 Å². The maximum atomic E-state index is 11.7. The lowest BCUT2D eigenvalue weighted by Crippen LogP contribution is -2.20. The van der Waals surface area contributed by atoms with Crippen LogP contribution in [-0.4, -0.2) is 17.8 Å². The third kappa shape index (κ3) is 1.79. The van der Waals surface area contributed by atoms with Crippen molar-refractivity contribution in [1.29, 1.82) is 0 Å². The van der Waals surface area contributed by atoms with Gasteiger partial charge in [0.15, 0.2) is 0 Å². The van der Waals surface area contributed by atoms with Crippen LogP contribution in [-0.2, 0) is 11.2 Å². The van der Waals surface area contributed by atoms with E-state index in [1.807, 2.05) is 6.92 Å². The summed E-state index contributed by atoms with van der Waals surface area (Å²) in [4.78, 5) is 34.3. The number of benzene rings is 1. The second-order valence-corrected chi connectivity index (χ2v) is 3.73. The van der Waals surface area contributed by atoms with E-state index in [1.165, 1.54) is 12.1 Å². The molecule has 1 aromatic carbocycles. The number of nitrogens with one attached hydrogen (secondary N) is 1. The average Bonchev–Trinajstić information content (AvgIpc) is 2.64. The van der Waals surface area contributed by atoms with E-state index in [0.29, 0.717) is 17.5 Å². The molecule has 2 amide bonds. The van der Waals surface area contributed by atoms with Crippen LogP contribution < -0.4 is 10.1 Å². The largest absolute Gasteiger partial charge is 0.423 e. The van der Waals surface area contributed by atoms with E-state index < -0.39 is 17.8 Å². The van der Waals surface area contributed by atoms with Gasteiger partial charge in [0.1, 0.15) is 5.75 Å². The van der Waals surface area contributed by atoms with E-state index in [2.05, 4.69) is 11.9 Å². The van der Waals surface area contributed by atoms with Crippen LogP contribution in [0.3, 0.4) is 0 Å². The monoisotopic (exact) mass is 245 g/mol. The van der Waals surface area contributed by atoms with Crippen LogP contribution in [0.15, 0.2) is 24.8 Å². The summed E-state index contributed by atoms with van der Waals surface area (Å²) in [6.07, 6.45) is 1.52. The maximum absolute atomic E-state index is 11.7. The summed E-state index contributed by atoms with van der Waals surface area (Å²) in [6, 6.07) is 2.98. The van der Waals surface area contributed by atoms with Gasteiger partial charge in [0.2, 0.25) is 0 Å². The quantitative estimate of drug-likeness (QED) is 0.376. The van der Waals surface area contributed by atoms with Gasteiger partial charge < -0.3 is 4.74 Å². The second-order valence-electron chi connectivity index (χ2n) is 3.73.